The van der Waals surface area contributed by atoms with E-state index >= 15 is 0 Å². The minimum atomic E-state index is -0.766. The van der Waals surface area contributed by atoms with Crippen molar-refractivity contribution in [3.63, 3.8) is 0 Å². The Labute approximate surface area is 136 Å². The molecule has 1 aromatic carbocycles. The Bertz CT molecular complexity index is 511. The van der Waals surface area contributed by atoms with E-state index in [9.17, 15) is 14.3 Å². The molecule has 124 valence electrons. The van der Waals surface area contributed by atoms with E-state index in [-0.39, 0.29) is 35.6 Å². The minimum Gasteiger partial charge on any atom is -0.387 e. The van der Waals surface area contributed by atoms with E-state index in [0.29, 0.717) is 18.5 Å². The molecule has 1 amide bonds. The zero-order valence-electron chi connectivity index (χ0n) is 12.9. The van der Waals surface area contributed by atoms with Crippen molar-refractivity contribution in [2.45, 2.75) is 38.3 Å². The Morgan fingerprint density at radius 1 is 1.50 bits per heavy atom. The summed E-state index contributed by atoms with van der Waals surface area (Å²) in [5.74, 6) is -0.220. The van der Waals surface area contributed by atoms with Gasteiger partial charge in [-0.3, -0.25) is 4.79 Å². The average Bonchev–Trinajstić information content (AvgIpc) is 2.81. The molecule has 1 aliphatic heterocycles. The quantitative estimate of drug-likeness (QED) is 0.749. The molecule has 1 saturated heterocycles. The van der Waals surface area contributed by atoms with Gasteiger partial charge in [0.05, 0.1) is 6.10 Å². The topological polar surface area (TPSA) is 61.4 Å². The lowest BCUT2D eigenvalue weighted by Gasteiger charge is -2.29. The largest absolute Gasteiger partial charge is 0.387 e. The van der Waals surface area contributed by atoms with Crippen LogP contribution < -0.4 is 10.6 Å². The lowest BCUT2D eigenvalue weighted by atomic mass is 9.89. The monoisotopic (exact) mass is 330 g/mol. The van der Waals surface area contributed by atoms with Gasteiger partial charge in [0.15, 0.2) is 0 Å². The van der Waals surface area contributed by atoms with Gasteiger partial charge in [0.1, 0.15) is 5.82 Å². The van der Waals surface area contributed by atoms with Gasteiger partial charge in [-0.05, 0) is 44.4 Å². The second kappa shape index (κ2) is 7.90. The van der Waals surface area contributed by atoms with E-state index < -0.39 is 6.10 Å². The van der Waals surface area contributed by atoms with Crippen molar-refractivity contribution < 1.29 is 14.3 Å². The van der Waals surface area contributed by atoms with E-state index in [1.807, 2.05) is 13.8 Å². The third kappa shape index (κ3) is 5.23. The first-order chi connectivity index (χ1) is 9.87. The Kier molecular flexibility index (Phi) is 6.78. The first-order valence-corrected chi connectivity index (χ1v) is 7.34. The van der Waals surface area contributed by atoms with Gasteiger partial charge < -0.3 is 15.7 Å². The molecule has 1 heterocycles. The van der Waals surface area contributed by atoms with Gasteiger partial charge in [0.2, 0.25) is 5.91 Å². The van der Waals surface area contributed by atoms with Crippen molar-refractivity contribution in [2.75, 3.05) is 13.1 Å². The van der Waals surface area contributed by atoms with Crippen LogP contribution in [0.5, 0.6) is 0 Å². The number of amides is 1. The summed E-state index contributed by atoms with van der Waals surface area (Å²) in [7, 11) is 0. The lowest BCUT2D eigenvalue weighted by Crippen LogP contribution is -2.44. The van der Waals surface area contributed by atoms with Crippen molar-refractivity contribution in [2.24, 2.45) is 5.92 Å². The normalized spacial score (nSPS) is 19.5. The fourth-order valence-electron chi connectivity index (χ4n) is 2.73. The molecule has 6 heteroatoms. The number of β-amino-alcohol motifs (C(OH)–C–C–N with tert-alkyl or cyclic N) is 1. The summed E-state index contributed by atoms with van der Waals surface area (Å²) in [6.45, 7) is 5.09. The first-order valence-electron chi connectivity index (χ1n) is 7.34. The predicted molar refractivity (Wildman–Crippen MR) is 86.4 cm³/mol. The van der Waals surface area contributed by atoms with E-state index in [1.54, 1.807) is 12.1 Å². The highest BCUT2D eigenvalue weighted by Crippen LogP contribution is 2.23. The molecule has 0 spiro atoms. The molecule has 0 radical (unpaired) electrons. The second-order valence-electron chi connectivity index (χ2n) is 6.32. The molecule has 0 aliphatic carbocycles. The average molecular weight is 331 g/mol. The Hall–Kier alpha value is -1.17. The molecule has 2 rings (SSSR count). The molecule has 2 atom stereocenters. The van der Waals surface area contributed by atoms with Crippen molar-refractivity contribution in [1.82, 2.24) is 10.6 Å². The molecule has 22 heavy (non-hydrogen) atoms. The fourth-order valence-corrected chi connectivity index (χ4v) is 2.73. The minimum absolute atomic E-state index is 0. The Balaban J connectivity index is 0.00000242. The first kappa shape index (κ1) is 18.9. The van der Waals surface area contributed by atoms with Gasteiger partial charge in [-0.15, -0.1) is 12.4 Å². The molecule has 0 unspecified atom stereocenters. The highest BCUT2D eigenvalue weighted by molar-refractivity contribution is 5.85. The molecule has 0 saturated carbocycles. The van der Waals surface area contributed by atoms with Crippen LogP contribution in [-0.2, 0) is 4.79 Å². The van der Waals surface area contributed by atoms with Crippen LogP contribution in [0.4, 0.5) is 4.39 Å². The number of carbonyl (C=O) groups is 1. The number of aliphatic hydroxyl groups is 1. The summed E-state index contributed by atoms with van der Waals surface area (Å²) in [4.78, 5) is 11.6. The number of carbonyl (C=O) groups excluding carboxylic acids is 1. The zero-order chi connectivity index (χ0) is 15.5. The summed E-state index contributed by atoms with van der Waals surface area (Å²) in [5, 5.41) is 16.2. The molecule has 3 N–H and O–H groups in total. The summed E-state index contributed by atoms with van der Waals surface area (Å²) < 4.78 is 13.1. The van der Waals surface area contributed by atoms with Gasteiger partial charge >= 0.3 is 0 Å². The molecule has 4 nitrogen and oxygen atoms in total. The molecule has 1 aliphatic rings. The van der Waals surface area contributed by atoms with Crippen LogP contribution >= 0.6 is 12.4 Å². The molecule has 1 fully saturated rings. The SMILES string of the molecule is CC(C)(C[C@@H]1CCNC1=O)NC[C@H](O)c1cccc(F)c1.Cl. The van der Waals surface area contributed by atoms with Crippen LogP contribution in [0.15, 0.2) is 24.3 Å². The number of benzene rings is 1. The number of nitrogens with one attached hydrogen (secondary N) is 2. The summed E-state index contributed by atoms with van der Waals surface area (Å²) >= 11 is 0. The van der Waals surface area contributed by atoms with Crippen molar-refractivity contribution in [3.05, 3.63) is 35.6 Å². The third-order valence-corrected chi connectivity index (χ3v) is 3.93. The molecular formula is C16H24ClFN2O2. The van der Waals surface area contributed by atoms with Gasteiger partial charge in [-0.1, -0.05) is 12.1 Å². The number of rotatable bonds is 6. The van der Waals surface area contributed by atoms with Crippen molar-refractivity contribution in [3.8, 4) is 0 Å². The van der Waals surface area contributed by atoms with Gasteiger partial charge in [-0.2, -0.15) is 0 Å². The fraction of sp³-hybridized carbons (Fsp3) is 0.562. The summed E-state index contributed by atoms with van der Waals surface area (Å²) in [5.41, 5.74) is 0.289. The van der Waals surface area contributed by atoms with Crippen molar-refractivity contribution >= 4 is 18.3 Å². The smallest absolute Gasteiger partial charge is 0.223 e. The van der Waals surface area contributed by atoms with Crippen LogP contribution in [-0.4, -0.2) is 29.6 Å². The second-order valence-corrected chi connectivity index (χ2v) is 6.32. The highest BCUT2D eigenvalue weighted by Gasteiger charge is 2.31. The lowest BCUT2D eigenvalue weighted by molar-refractivity contribution is -0.123. The molecule has 0 aromatic heterocycles. The van der Waals surface area contributed by atoms with Gasteiger partial charge in [-0.25, -0.2) is 4.39 Å². The molecular weight excluding hydrogens is 307 g/mol. The number of halogens is 2. The molecule has 0 bridgehead atoms. The van der Waals surface area contributed by atoms with E-state index in [2.05, 4.69) is 10.6 Å². The predicted octanol–water partition coefficient (Wildman–Crippen LogP) is 2.18. The van der Waals surface area contributed by atoms with Crippen LogP contribution in [0.3, 0.4) is 0 Å². The van der Waals surface area contributed by atoms with E-state index in [0.717, 1.165) is 13.0 Å². The van der Waals surface area contributed by atoms with Crippen LogP contribution in [0.1, 0.15) is 38.4 Å². The third-order valence-electron chi connectivity index (χ3n) is 3.93. The van der Waals surface area contributed by atoms with E-state index in [1.165, 1.54) is 12.1 Å². The Morgan fingerprint density at radius 3 is 2.82 bits per heavy atom. The van der Waals surface area contributed by atoms with Gasteiger partial charge in [0.25, 0.3) is 0 Å². The Morgan fingerprint density at radius 2 is 2.23 bits per heavy atom. The van der Waals surface area contributed by atoms with Crippen LogP contribution in [0.25, 0.3) is 0 Å². The number of aliphatic hydroxyl groups excluding tert-OH is 1. The zero-order valence-corrected chi connectivity index (χ0v) is 13.8. The maximum Gasteiger partial charge on any atom is 0.223 e. The highest BCUT2D eigenvalue weighted by atomic mass is 35.5. The van der Waals surface area contributed by atoms with E-state index in [4.69, 9.17) is 0 Å². The van der Waals surface area contributed by atoms with Crippen molar-refractivity contribution in [1.29, 1.82) is 0 Å². The number of hydrogen-bond donors (Lipinski definition) is 3. The van der Waals surface area contributed by atoms with Gasteiger partial charge in [0, 0.05) is 24.5 Å². The molecule has 1 aromatic rings. The maximum atomic E-state index is 13.1. The van der Waals surface area contributed by atoms with Crippen LogP contribution in [0.2, 0.25) is 0 Å². The standard InChI is InChI=1S/C16H23FN2O2.ClH/c1-16(2,9-12-6-7-18-15(12)21)19-10-14(20)11-4-3-5-13(17)8-11;/h3-5,8,12,14,19-20H,6-7,9-10H2,1-2H3,(H,18,21);1H/t12-,14-;/m0./s1. The van der Waals surface area contributed by atoms with Crippen LogP contribution in [0, 0.1) is 11.7 Å². The number of hydrogen-bond acceptors (Lipinski definition) is 3. The maximum absolute atomic E-state index is 13.1. The summed E-state index contributed by atoms with van der Waals surface area (Å²) in [6.07, 6.45) is 0.808. The summed E-state index contributed by atoms with van der Waals surface area (Å²) in [6, 6.07) is 5.98.